The molecule has 0 aromatic rings. The van der Waals surface area contributed by atoms with Crippen LogP contribution in [0.15, 0.2) is 0 Å². The summed E-state index contributed by atoms with van der Waals surface area (Å²) in [6.07, 6.45) is -6.42. The maximum absolute atomic E-state index is 13.0. The number of alkyl halides is 5. The highest BCUT2D eigenvalue weighted by Crippen LogP contribution is 2.37. The molecule has 0 heterocycles. The van der Waals surface area contributed by atoms with Crippen molar-refractivity contribution in [1.82, 2.24) is 4.90 Å². The third kappa shape index (κ3) is 4.93. The van der Waals surface area contributed by atoms with Gasteiger partial charge in [-0.2, -0.15) is 22.0 Å². The van der Waals surface area contributed by atoms with Gasteiger partial charge in [0.25, 0.3) is 0 Å². The van der Waals surface area contributed by atoms with Crippen LogP contribution in [0.1, 0.15) is 20.3 Å². The van der Waals surface area contributed by atoms with Crippen LogP contribution in [0.25, 0.3) is 0 Å². The molecule has 0 saturated carbocycles. The van der Waals surface area contributed by atoms with Gasteiger partial charge in [0.1, 0.15) is 0 Å². The number of rotatable bonds is 6. The molecule has 4 nitrogen and oxygen atoms in total. The van der Waals surface area contributed by atoms with Gasteiger partial charge in [-0.25, -0.2) is 0 Å². The molecule has 0 aliphatic heterocycles. The summed E-state index contributed by atoms with van der Waals surface area (Å²) in [5.41, 5.74) is 0. The first kappa shape index (κ1) is 18.6. The largest absolute Gasteiger partial charge is 0.469 e. The fourth-order valence-electron chi connectivity index (χ4n) is 1.36. The molecule has 0 fully saturated rings. The van der Waals surface area contributed by atoms with Gasteiger partial charge in [0, 0.05) is 13.1 Å². The zero-order chi connectivity index (χ0) is 16.1. The van der Waals surface area contributed by atoms with Gasteiger partial charge in [0.05, 0.1) is 13.5 Å². The SMILES string of the molecule is COC(=O)CCN(CC(C)C)C(=O)C(F)(F)C(F)(F)F. The average Bonchev–Trinajstić information content (AvgIpc) is 2.31. The van der Waals surface area contributed by atoms with Crippen LogP contribution in [-0.2, 0) is 14.3 Å². The van der Waals surface area contributed by atoms with E-state index in [1.54, 1.807) is 13.8 Å². The number of esters is 1. The Bertz CT molecular complexity index is 354. The van der Waals surface area contributed by atoms with Crippen LogP contribution in [0.2, 0.25) is 0 Å². The van der Waals surface area contributed by atoms with E-state index in [-0.39, 0.29) is 12.5 Å². The zero-order valence-corrected chi connectivity index (χ0v) is 11.3. The Morgan fingerprint density at radius 2 is 1.65 bits per heavy atom. The number of hydrogen-bond donors (Lipinski definition) is 0. The van der Waals surface area contributed by atoms with E-state index in [0.29, 0.717) is 4.90 Å². The quantitative estimate of drug-likeness (QED) is 0.558. The molecule has 0 bridgehead atoms. The van der Waals surface area contributed by atoms with E-state index in [0.717, 1.165) is 7.11 Å². The fourth-order valence-corrected chi connectivity index (χ4v) is 1.36. The van der Waals surface area contributed by atoms with Crippen molar-refractivity contribution in [3.8, 4) is 0 Å². The number of ether oxygens (including phenoxy) is 1. The number of hydrogen-bond acceptors (Lipinski definition) is 3. The van der Waals surface area contributed by atoms with Crippen molar-refractivity contribution in [3.63, 3.8) is 0 Å². The monoisotopic (exact) mass is 305 g/mol. The Morgan fingerprint density at radius 3 is 2.00 bits per heavy atom. The molecule has 118 valence electrons. The fraction of sp³-hybridized carbons (Fsp3) is 0.818. The number of carbonyl (C=O) groups excluding carboxylic acids is 2. The highest BCUT2D eigenvalue weighted by molar-refractivity contribution is 5.84. The van der Waals surface area contributed by atoms with E-state index in [4.69, 9.17) is 0 Å². The lowest BCUT2D eigenvalue weighted by molar-refractivity contribution is -0.274. The van der Waals surface area contributed by atoms with E-state index < -0.39 is 36.9 Å². The van der Waals surface area contributed by atoms with Crippen LogP contribution >= 0.6 is 0 Å². The highest BCUT2D eigenvalue weighted by atomic mass is 19.4. The van der Waals surface area contributed by atoms with Crippen molar-refractivity contribution >= 4 is 11.9 Å². The molecule has 9 heteroatoms. The summed E-state index contributed by atoms with van der Waals surface area (Å²) in [5, 5.41) is 0. The maximum Gasteiger partial charge on any atom is 0.463 e. The molecule has 0 atom stereocenters. The minimum atomic E-state index is -5.97. The summed E-state index contributed by atoms with van der Waals surface area (Å²) in [5.74, 6) is -8.97. The lowest BCUT2D eigenvalue weighted by Crippen LogP contribution is -2.53. The molecule has 0 rings (SSSR count). The van der Waals surface area contributed by atoms with Crippen molar-refractivity contribution in [3.05, 3.63) is 0 Å². The van der Waals surface area contributed by atoms with Gasteiger partial charge in [-0.1, -0.05) is 13.8 Å². The Hall–Kier alpha value is -1.41. The molecule has 0 aromatic heterocycles. The van der Waals surface area contributed by atoms with Crippen LogP contribution in [0.5, 0.6) is 0 Å². The topological polar surface area (TPSA) is 46.6 Å². The smallest absolute Gasteiger partial charge is 0.463 e. The van der Waals surface area contributed by atoms with Gasteiger partial charge in [-0.05, 0) is 5.92 Å². The molecule has 0 aromatic carbocycles. The van der Waals surface area contributed by atoms with Crippen molar-refractivity contribution in [2.24, 2.45) is 5.92 Å². The van der Waals surface area contributed by atoms with Gasteiger partial charge in [0.2, 0.25) is 0 Å². The number of halogens is 5. The van der Waals surface area contributed by atoms with Crippen molar-refractivity contribution in [2.75, 3.05) is 20.2 Å². The van der Waals surface area contributed by atoms with E-state index in [9.17, 15) is 31.5 Å². The molecule has 0 spiro atoms. The maximum atomic E-state index is 13.0. The van der Waals surface area contributed by atoms with Crippen LogP contribution in [-0.4, -0.2) is 49.1 Å². The molecule has 20 heavy (non-hydrogen) atoms. The second kappa shape index (κ2) is 6.85. The number of amides is 1. The van der Waals surface area contributed by atoms with Crippen molar-refractivity contribution in [2.45, 2.75) is 32.4 Å². The summed E-state index contributed by atoms with van der Waals surface area (Å²) >= 11 is 0. The average molecular weight is 305 g/mol. The molecular weight excluding hydrogens is 289 g/mol. The standard InChI is InChI=1S/C11H16F5NO3/c1-7(2)6-17(5-4-8(18)20-3)9(19)10(12,13)11(14,15)16/h7H,4-6H2,1-3H3. The first-order valence-electron chi connectivity index (χ1n) is 5.74. The van der Waals surface area contributed by atoms with Crippen molar-refractivity contribution < 1.29 is 36.3 Å². The summed E-state index contributed by atoms with van der Waals surface area (Å²) in [7, 11) is 1.04. The number of carbonyl (C=O) groups is 2. The van der Waals surface area contributed by atoms with Crippen LogP contribution < -0.4 is 0 Å². The third-order valence-corrected chi connectivity index (χ3v) is 2.31. The zero-order valence-electron chi connectivity index (χ0n) is 11.3. The first-order chi connectivity index (χ1) is 8.93. The molecule has 0 N–H and O–H groups in total. The Morgan fingerprint density at radius 1 is 1.15 bits per heavy atom. The van der Waals surface area contributed by atoms with E-state index in [2.05, 4.69) is 4.74 Å². The van der Waals surface area contributed by atoms with Crippen LogP contribution in [0, 0.1) is 5.92 Å². The Balaban J connectivity index is 5.03. The highest BCUT2D eigenvalue weighted by Gasteiger charge is 2.64. The van der Waals surface area contributed by atoms with Crippen LogP contribution in [0.4, 0.5) is 22.0 Å². The minimum absolute atomic E-state index is 0.318. The Kier molecular flexibility index (Phi) is 6.36. The Labute approximate surface area is 112 Å². The molecular formula is C11H16F5NO3. The van der Waals surface area contributed by atoms with Gasteiger partial charge in [-0.15, -0.1) is 0 Å². The van der Waals surface area contributed by atoms with E-state index in [1.807, 2.05) is 0 Å². The van der Waals surface area contributed by atoms with Crippen LogP contribution in [0.3, 0.4) is 0 Å². The van der Waals surface area contributed by atoms with Crippen molar-refractivity contribution in [1.29, 1.82) is 0 Å². The summed E-state index contributed by atoms with van der Waals surface area (Å²) < 4.78 is 66.7. The second-order valence-electron chi connectivity index (χ2n) is 4.54. The van der Waals surface area contributed by atoms with Gasteiger partial charge in [0.15, 0.2) is 0 Å². The lowest BCUT2D eigenvalue weighted by atomic mass is 10.1. The third-order valence-electron chi connectivity index (χ3n) is 2.31. The summed E-state index contributed by atoms with van der Waals surface area (Å²) in [6, 6.07) is 0. The number of methoxy groups -OCH3 is 1. The van der Waals surface area contributed by atoms with Gasteiger partial charge < -0.3 is 9.64 Å². The minimum Gasteiger partial charge on any atom is -0.469 e. The van der Waals surface area contributed by atoms with E-state index in [1.165, 1.54) is 0 Å². The molecule has 0 saturated heterocycles. The molecule has 0 aliphatic rings. The van der Waals surface area contributed by atoms with E-state index >= 15 is 0 Å². The summed E-state index contributed by atoms with van der Waals surface area (Å²) in [6.45, 7) is 2.21. The predicted molar refractivity (Wildman–Crippen MR) is 59.1 cm³/mol. The van der Waals surface area contributed by atoms with Gasteiger partial charge >= 0.3 is 24.0 Å². The van der Waals surface area contributed by atoms with Gasteiger partial charge in [-0.3, -0.25) is 9.59 Å². The molecule has 1 amide bonds. The second-order valence-corrected chi connectivity index (χ2v) is 4.54. The molecule has 0 radical (unpaired) electrons. The molecule has 0 aliphatic carbocycles. The number of nitrogens with zero attached hydrogens (tertiary/aromatic N) is 1. The normalized spacial score (nSPS) is 12.4. The summed E-state index contributed by atoms with van der Waals surface area (Å²) in [4.78, 5) is 22.6. The lowest BCUT2D eigenvalue weighted by Gasteiger charge is -2.29. The predicted octanol–water partition coefficient (Wildman–Crippen LogP) is 2.23. The molecule has 0 unspecified atom stereocenters. The first-order valence-corrected chi connectivity index (χ1v) is 5.74.